The Morgan fingerprint density at radius 1 is 1.16 bits per heavy atom. The molecule has 0 unspecified atom stereocenters. The SMILES string of the molecule is CC(=O)Cc1ccc(OCc2ccccc2)cc1Br. The Labute approximate surface area is 121 Å². The normalized spacial score (nSPS) is 10.2. The average Bonchev–Trinajstić information content (AvgIpc) is 2.40. The summed E-state index contributed by atoms with van der Waals surface area (Å²) in [5.41, 5.74) is 2.12. The van der Waals surface area contributed by atoms with Gasteiger partial charge < -0.3 is 4.74 Å². The largest absolute Gasteiger partial charge is 0.489 e. The van der Waals surface area contributed by atoms with E-state index in [9.17, 15) is 4.79 Å². The Bertz CT molecular complexity index is 564. The van der Waals surface area contributed by atoms with Gasteiger partial charge in [0.15, 0.2) is 0 Å². The average molecular weight is 319 g/mol. The molecule has 2 aromatic carbocycles. The standard InChI is InChI=1S/C16H15BrO2/c1-12(18)9-14-7-8-15(10-16(14)17)19-11-13-5-3-2-4-6-13/h2-8,10H,9,11H2,1H3. The zero-order valence-corrected chi connectivity index (χ0v) is 12.3. The van der Waals surface area contributed by atoms with Crippen LogP contribution >= 0.6 is 15.9 Å². The number of hydrogen-bond donors (Lipinski definition) is 0. The molecule has 0 spiro atoms. The lowest BCUT2D eigenvalue weighted by atomic mass is 10.1. The number of ketones is 1. The zero-order valence-electron chi connectivity index (χ0n) is 10.7. The van der Waals surface area contributed by atoms with Gasteiger partial charge in [0.2, 0.25) is 0 Å². The monoisotopic (exact) mass is 318 g/mol. The van der Waals surface area contributed by atoms with E-state index in [4.69, 9.17) is 4.74 Å². The first-order valence-electron chi connectivity index (χ1n) is 6.10. The van der Waals surface area contributed by atoms with Crippen molar-refractivity contribution >= 4 is 21.7 Å². The van der Waals surface area contributed by atoms with E-state index in [0.29, 0.717) is 13.0 Å². The molecule has 2 aromatic rings. The number of carbonyl (C=O) groups is 1. The van der Waals surface area contributed by atoms with E-state index in [1.807, 2.05) is 48.5 Å². The van der Waals surface area contributed by atoms with Crippen LogP contribution in [0.2, 0.25) is 0 Å². The summed E-state index contributed by atoms with van der Waals surface area (Å²) in [6.45, 7) is 2.13. The molecule has 0 radical (unpaired) electrons. The number of halogens is 1. The molecule has 3 heteroatoms. The first-order valence-corrected chi connectivity index (χ1v) is 6.89. The van der Waals surface area contributed by atoms with Crippen LogP contribution in [-0.2, 0) is 17.8 Å². The topological polar surface area (TPSA) is 26.3 Å². The number of hydrogen-bond acceptors (Lipinski definition) is 2. The Balaban J connectivity index is 2.02. The van der Waals surface area contributed by atoms with Gasteiger partial charge in [-0.1, -0.05) is 52.3 Å². The van der Waals surface area contributed by atoms with E-state index in [1.54, 1.807) is 6.92 Å². The van der Waals surface area contributed by atoms with Crippen molar-refractivity contribution in [2.24, 2.45) is 0 Å². The summed E-state index contributed by atoms with van der Waals surface area (Å²) in [5, 5.41) is 0. The van der Waals surface area contributed by atoms with E-state index in [1.165, 1.54) is 0 Å². The first kappa shape index (κ1) is 13.8. The molecule has 2 nitrogen and oxygen atoms in total. The van der Waals surface area contributed by atoms with Crippen LogP contribution in [0.15, 0.2) is 53.0 Å². The third-order valence-corrected chi connectivity index (χ3v) is 3.45. The van der Waals surface area contributed by atoms with Crippen LogP contribution in [0.1, 0.15) is 18.1 Å². The van der Waals surface area contributed by atoms with Crippen LogP contribution in [0.4, 0.5) is 0 Å². The Morgan fingerprint density at radius 2 is 1.89 bits per heavy atom. The van der Waals surface area contributed by atoms with Crippen LogP contribution in [0, 0.1) is 0 Å². The summed E-state index contributed by atoms with van der Waals surface area (Å²) in [5.74, 6) is 0.946. The summed E-state index contributed by atoms with van der Waals surface area (Å²) in [7, 11) is 0. The summed E-state index contributed by atoms with van der Waals surface area (Å²) >= 11 is 3.47. The second kappa shape index (κ2) is 6.53. The second-order valence-corrected chi connectivity index (χ2v) is 5.26. The van der Waals surface area contributed by atoms with Gasteiger partial charge in [0.05, 0.1) is 0 Å². The van der Waals surface area contributed by atoms with Crippen molar-refractivity contribution < 1.29 is 9.53 Å². The van der Waals surface area contributed by atoms with E-state index in [0.717, 1.165) is 21.3 Å². The van der Waals surface area contributed by atoms with Crippen molar-refractivity contribution in [2.45, 2.75) is 20.0 Å². The highest BCUT2D eigenvalue weighted by molar-refractivity contribution is 9.10. The fourth-order valence-corrected chi connectivity index (χ4v) is 2.27. The zero-order chi connectivity index (χ0) is 13.7. The lowest BCUT2D eigenvalue weighted by molar-refractivity contribution is -0.116. The molecule has 0 aliphatic carbocycles. The van der Waals surface area contributed by atoms with Gasteiger partial charge in [0.1, 0.15) is 18.1 Å². The number of Topliss-reactive ketones (excluding diaryl/α,β-unsaturated/α-hetero) is 1. The van der Waals surface area contributed by atoms with E-state index < -0.39 is 0 Å². The minimum Gasteiger partial charge on any atom is -0.489 e. The molecule has 0 atom stereocenters. The summed E-state index contributed by atoms with van der Waals surface area (Å²) in [6.07, 6.45) is 0.444. The van der Waals surface area contributed by atoms with E-state index >= 15 is 0 Å². The van der Waals surface area contributed by atoms with Crippen LogP contribution in [0.3, 0.4) is 0 Å². The predicted molar refractivity (Wildman–Crippen MR) is 79.3 cm³/mol. The van der Waals surface area contributed by atoms with Crippen molar-refractivity contribution in [1.82, 2.24) is 0 Å². The van der Waals surface area contributed by atoms with Crippen molar-refractivity contribution in [3.8, 4) is 5.75 Å². The molecule has 98 valence electrons. The van der Waals surface area contributed by atoms with Gasteiger partial charge in [0.25, 0.3) is 0 Å². The lowest BCUT2D eigenvalue weighted by Gasteiger charge is -2.09. The molecule has 0 amide bonds. The quantitative estimate of drug-likeness (QED) is 0.827. The highest BCUT2D eigenvalue weighted by Gasteiger charge is 2.05. The molecule has 0 saturated carbocycles. The third-order valence-electron chi connectivity index (χ3n) is 2.71. The van der Waals surface area contributed by atoms with Crippen molar-refractivity contribution in [2.75, 3.05) is 0 Å². The molecule has 0 saturated heterocycles. The molecule has 0 aliphatic heterocycles. The maximum atomic E-state index is 11.1. The molecule has 0 N–H and O–H groups in total. The minimum absolute atomic E-state index is 0.152. The van der Waals surface area contributed by atoms with Crippen LogP contribution in [0.25, 0.3) is 0 Å². The van der Waals surface area contributed by atoms with Gasteiger partial charge in [-0.25, -0.2) is 0 Å². The molecule has 0 heterocycles. The summed E-state index contributed by atoms with van der Waals surface area (Å²) in [4.78, 5) is 11.1. The second-order valence-electron chi connectivity index (χ2n) is 4.41. The van der Waals surface area contributed by atoms with Crippen molar-refractivity contribution in [1.29, 1.82) is 0 Å². The van der Waals surface area contributed by atoms with Crippen molar-refractivity contribution in [3.63, 3.8) is 0 Å². The molecule has 0 fully saturated rings. The molecular weight excluding hydrogens is 304 g/mol. The van der Waals surface area contributed by atoms with E-state index in [2.05, 4.69) is 15.9 Å². The molecule has 0 bridgehead atoms. The maximum absolute atomic E-state index is 11.1. The Kier molecular flexibility index (Phi) is 4.74. The molecular formula is C16H15BrO2. The van der Waals surface area contributed by atoms with Gasteiger partial charge in [-0.05, 0) is 30.2 Å². The van der Waals surface area contributed by atoms with Crippen LogP contribution in [-0.4, -0.2) is 5.78 Å². The van der Waals surface area contributed by atoms with Crippen LogP contribution < -0.4 is 4.74 Å². The van der Waals surface area contributed by atoms with Gasteiger partial charge in [-0.2, -0.15) is 0 Å². The number of rotatable bonds is 5. The number of benzene rings is 2. The summed E-state index contributed by atoms with van der Waals surface area (Å²) < 4.78 is 6.63. The first-order chi connectivity index (χ1) is 9.15. The number of ether oxygens (including phenoxy) is 1. The van der Waals surface area contributed by atoms with Crippen molar-refractivity contribution in [3.05, 3.63) is 64.1 Å². The van der Waals surface area contributed by atoms with E-state index in [-0.39, 0.29) is 5.78 Å². The predicted octanol–water partition coefficient (Wildman–Crippen LogP) is 4.16. The van der Waals surface area contributed by atoms with Gasteiger partial charge >= 0.3 is 0 Å². The Morgan fingerprint density at radius 3 is 2.53 bits per heavy atom. The minimum atomic E-state index is 0.152. The smallest absolute Gasteiger partial charge is 0.134 e. The molecule has 0 aromatic heterocycles. The van der Waals surface area contributed by atoms with Gasteiger partial charge in [-0.3, -0.25) is 4.79 Å². The fourth-order valence-electron chi connectivity index (χ4n) is 1.77. The highest BCUT2D eigenvalue weighted by atomic mass is 79.9. The van der Waals surface area contributed by atoms with Gasteiger partial charge in [-0.15, -0.1) is 0 Å². The van der Waals surface area contributed by atoms with Gasteiger partial charge in [0, 0.05) is 10.9 Å². The number of carbonyl (C=O) groups excluding carboxylic acids is 1. The highest BCUT2D eigenvalue weighted by Crippen LogP contribution is 2.24. The van der Waals surface area contributed by atoms with Crippen LogP contribution in [0.5, 0.6) is 5.75 Å². The maximum Gasteiger partial charge on any atom is 0.134 e. The summed E-state index contributed by atoms with van der Waals surface area (Å²) in [6, 6.07) is 15.7. The molecule has 19 heavy (non-hydrogen) atoms. The fraction of sp³-hybridized carbons (Fsp3) is 0.188. The third kappa shape index (κ3) is 4.21. The molecule has 2 rings (SSSR count). The Hall–Kier alpha value is -1.61. The lowest BCUT2D eigenvalue weighted by Crippen LogP contribution is -1.99. The molecule has 0 aliphatic rings.